The largest absolute Gasteiger partial charge is 0.345 e. The number of aromatic nitrogens is 1. The highest BCUT2D eigenvalue weighted by Crippen LogP contribution is 2.31. The monoisotopic (exact) mass is 472 g/mol. The molecule has 1 fully saturated rings. The second-order valence-electron chi connectivity index (χ2n) is 6.61. The first kappa shape index (κ1) is 19.5. The summed E-state index contributed by atoms with van der Waals surface area (Å²) in [5.74, 6) is -0.0932. The van der Waals surface area contributed by atoms with E-state index in [9.17, 15) is 14.9 Å². The predicted molar refractivity (Wildman–Crippen MR) is 118 cm³/mol. The third-order valence-corrected chi connectivity index (χ3v) is 6.27. The average molecular weight is 473 g/mol. The van der Waals surface area contributed by atoms with Crippen LogP contribution in [0.1, 0.15) is 5.56 Å². The average Bonchev–Trinajstić information content (AvgIpc) is 3.15. The zero-order valence-corrected chi connectivity index (χ0v) is 17.7. The number of hydrogen-bond acceptors (Lipinski definition) is 6. The number of non-ortho nitro benzene ring substituents is 1. The van der Waals surface area contributed by atoms with E-state index in [1.54, 1.807) is 34.4 Å². The third kappa shape index (κ3) is 4.46. The lowest BCUT2D eigenvalue weighted by molar-refractivity contribution is -0.384. The Balaban J connectivity index is 1.38. The number of nitro groups is 1. The maximum Gasteiger partial charge on any atom is 0.270 e. The van der Waals surface area contributed by atoms with Crippen LogP contribution in [0.2, 0.25) is 0 Å². The van der Waals surface area contributed by atoms with Gasteiger partial charge in [-0.3, -0.25) is 14.9 Å². The van der Waals surface area contributed by atoms with Crippen LogP contribution in [-0.2, 0) is 4.79 Å². The van der Waals surface area contributed by atoms with Crippen LogP contribution in [0.25, 0.3) is 16.3 Å². The smallest absolute Gasteiger partial charge is 0.270 e. The summed E-state index contributed by atoms with van der Waals surface area (Å²) in [6.07, 6.45) is 3.09. The van der Waals surface area contributed by atoms with E-state index in [2.05, 4.69) is 26.9 Å². The number of halogens is 1. The number of thiazole rings is 1. The van der Waals surface area contributed by atoms with Crippen LogP contribution in [0.15, 0.2) is 53.0 Å². The van der Waals surface area contributed by atoms with Gasteiger partial charge in [-0.2, -0.15) is 0 Å². The highest BCUT2D eigenvalue weighted by Gasteiger charge is 2.22. The van der Waals surface area contributed by atoms with E-state index in [1.807, 2.05) is 12.1 Å². The van der Waals surface area contributed by atoms with Crippen LogP contribution in [0.3, 0.4) is 0 Å². The summed E-state index contributed by atoms with van der Waals surface area (Å²) < 4.78 is 2.17. The molecule has 2 aromatic carbocycles. The van der Waals surface area contributed by atoms with Gasteiger partial charge in [0, 0.05) is 48.9 Å². The van der Waals surface area contributed by atoms with Crippen molar-refractivity contribution in [2.45, 2.75) is 0 Å². The van der Waals surface area contributed by atoms with Crippen LogP contribution in [0.4, 0.5) is 10.8 Å². The van der Waals surface area contributed by atoms with Crippen LogP contribution in [-0.4, -0.2) is 46.9 Å². The number of piperazine rings is 1. The first-order valence-electron chi connectivity index (χ1n) is 9.02. The number of hydrogen-bond donors (Lipinski definition) is 0. The summed E-state index contributed by atoms with van der Waals surface area (Å²) in [7, 11) is 0. The number of nitrogens with zero attached hydrogens (tertiary/aromatic N) is 4. The van der Waals surface area contributed by atoms with Gasteiger partial charge >= 0.3 is 0 Å². The molecule has 148 valence electrons. The van der Waals surface area contributed by atoms with Crippen molar-refractivity contribution in [3.8, 4) is 0 Å². The summed E-state index contributed by atoms with van der Waals surface area (Å²) in [5.41, 5.74) is 1.62. The highest BCUT2D eigenvalue weighted by atomic mass is 79.9. The van der Waals surface area contributed by atoms with Gasteiger partial charge in [0.15, 0.2) is 5.13 Å². The molecule has 0 aliphatic carbocycles. The van der Waals surface area contributed by atoms with Gasteiger partial charge in [0.05, 0.1) is 15.1 Å². The van der Waals surface area contributed by atoms with Crippen molar-refractivity contribution in [1.82, 2.24) is 9.88 Å². The summed E-state index contributed by atoms with van der Waals surface area (Å²) in [4.78, 5) is 31.6. The topological polar surface area (TPSA) is 79.6 Å². The fourth-order valence-electron chi connectivity index (χ4n) is 3.15. The van der Waals surface area contributed by atoms with Crippen molar-refractivity contribution in [2.24, 2.45) is 0 Å². The third-order valence-electron chi connectivity index (χ3n) is 4.70. The maximum absolute atomic E-state index is 12.5. The van der Waals surface area contributed by atoms with Crippen molar-refractivity contribution in [2.75, 3.05) is 31.1 Å². The van der Waals surface area contributed by atoms with E-state index in [4.69, 9.17) is 4.98 Å². The molecule has 2 heterocycles. The van der Waals surface area contributed by atoms with Gasteiger partial charge in [0.25, 0.3) is 5.69 Å². The zero-order valence-electron chi connectivity index (χ0n) is 15.3. The molecule has 1 aromatic heterocycles. The molecular formula is C20H17BrN4O3S. The number of fused-ring (bicyclic) bond motifs is 1. The van der Waals surface area contributed by atoms with E-state index < -0.39 is 4.92 Å². The van der Waals surface area contributed by atoms with Gasteiger partial charge in [0.1, 0.15) is 0 Å². The molecule has 3 aromatic rings. The Morgan fingerprint density at radius 3 is 2.72 bits per heavy atom. The van der Waals surface area contributed by atoms with Crippen molar-refractivity contribution in [1.29, 1.82) is 0 Å². The van der Waals surface area contributed by atoms with Gasteiger partial charge in [0.2, 0.25) is 5.91 Å². The Kier molecular flexibility index (Phi) is 5.59. The van der Waals surface area contributed by atoms with Gasteiger partial charge in [-0.05, 0) is 29.8 Å². The van der Waals surface area contributed by atoms with Crippen LogP contribution >= 0.6 is 27.3 Å². The van der Waals surface area contributed by atoms with Gasteiger partial charge in [-0.15, -0.1) is 0 Å². The summed E-state index contributed by atoms with van der Waals surface area (Å²) in [5, 5.41) is 11.8. The van der Waals surface area contributed by atoms with E-state index in [1.165, 1.54) is 18.2 Å². The molecule has 1 saturated heterocycles. The molecule has 1 aliphatic heterocycles. The van der Waals surface area contributed by atoms with Crippen LogP contribution < -0.4 is 4.90 Å². The van der Waals surface area contributed by atoms with E-state index in [0.29, 0.717) is 18.7 Å². The molecule has 0 radical (unpaired) electrons. The van der Waals surface area contributed by atoms with Crippen molar-refractivity contribution in [3.05, 3.63) is 68.7 Å². The molecule has 0 spiro atoms. The van der Waals surface area contributed by atoms with Gasteiger partial charge < -0.3 is 9.80 Å². The Hall–Kier alpha value is -2.78. The Morgan fingerprint density at radius 1 is 1.17 bits per heavy atom. The quantitative estimate of drug-likeness (QED) is 0.320. The lowest BCUT2D eigenvalue weighted by Crippen LogP contribution is -2.48. The van der Waals surface area contributed by atoms with Crippen LogP contribution in [0, 0.1) is 10.1 Å². The Labute approximate surface area is 179 Å². The second kappa shape index (κ2) is 8.30. The van der Waals surface area contributed by atoms with Crippen molar-refractivity contribution < 1.29 is 9.72 Å². The number of carbonyl (C=O) groups is 1. The normalized spacial score (nSPS) is 14.7. The van der Waals surface area contributed by atoms with E-state index in [0.717, 1.165) is 32.9 Å². The molecule has 1 amide bonds. The number of amides is 1. The number of anilines is 1. The molecule has 4 rings (SSSR count). The SMILES string of the molecule is O=C(/C=C/c1cccc([N+](=O)[O-])c1)N1CCN(c2nc3ccc(Br)cc3s2)CC1. The summed E-state index contributed by atoms with van der Waals surface area (Å²) in [6, 6.07) is 12.3. The fourth-order valence-corrected chi connectivity index (χ4v) is 4.72. The first-order valence-corrected chi connectivity index (χ1v) is 10.6. The molecular weight excluding hydrogens is 456 g/mol. The standard InChI is InChI=1S/C20H17BrN4O3S/c21-15-5-6-17-18(13-15)29-20(22-17)24-10-8-23(9-11-24)19(26)7-4-14-2-1-3-16(12-14)25(27)28/h1-7,12-13H,8-11H2/b7-4+. The molecule has 29 heavy (non-hydrogen) atoms. The molecule has 0 saturated carbocycles. The minimum Gasteiger partial charge on any atom is -0.345 e. The predicted octanol–water partition coefficient (Wildman–Crippen LogP) is 4.33. The number of carbonyl (C=O) groups excluding carboxylic acids is 1. The van der Waals surface area contributed by atoms with Gasteiger partial charge in [-0.25, -0.2) is 4.98 Å². The lowest BCUT2D eigenvalue weighted by atomic mass is 10.2. The van der Waals surface area contributed by atoms with Crippen molar-refractivity contribution >= 4 is 60.3 Å². The maximum atomic E-state index is 12.5. The van der Waals surface area contributed by atoms with E-state index >= 15 is 0 Å². The number of rotatable bonds is 4. The number of benzene rings is 2. The minimum atomic E-state index is -0.445. The first-order chi connectivity index (χ1) is 14.0. The van der Waals surface area contributed by atoms with Crippen LogP contribution in [0.5, 0.6) is 0 Å². The summed E-state index contributed by atoms with van der Waals surface area (Å²) in [6.45, 7) is 2.66. The van der Waals surface area contributed by atoms with Crippen molar-refractivity contribution in [3.63, 3.8) is 0 Å². The molecule has 1 aliphatic rings. The number of nitro benzene ring substituents is 1. The second-order valence-corrected chi connectivity index (χ2v) is 8.53. The molecule has 9 heteroatoms. The van der Waals surface area contributed by atoms with E-state index in [-0.39, 0.29) is 11.6 Å². The highest BCUT2D eigenvalue weighted by molar-refractivity contribution is 9.10. The van der Waals surface area contributed by atoms with Gasteiger partial charge in [-0.1, -0.05) is 39.4 Å². The zero-order chi connectivity index (χ0) is 20.4. The molecule has 0 bridgehead atoms. The Bertz CT molecular complexity index is 1110. The summed E-state index contributed by atoms with van der Waals surface area (Å²) >= 11 is 5.14. The lowest BCUT2D eigenvalue weighted by Gasteiger charge is -2.34. The minimum absolute atomic E-state index is 0.0103. The fraction of sp³-hybridized carbons (Fsp3) is 0.200. The molecule has 0 N–H and O–H groups in total. The molecule has 7 nitrogen and oxygen atoms in total. The molecule has 0 unspecified atom stereocenters. The molecule has 0 atom stereocenters. The Morgan fingerprint density at radius 2 is 1.97 bits per heavy atom.